The van der Waals surface area contributed by atoms with Crippen LogP contribution in [-0.2, 0) is 0 Å². The molecule has 1 aromatic carbocycles. The molecule has 0 saturated heterocycles. The zero-order chi connectivity index (χ0) is 13.1. The van der Waals surface area contributed by atoms with Crippen molar-refractivity contribution in [3.8, 4) is 17.3 Å². The van der Waals surface area contributed by atoms with Gasteiger partial charge in [0.2, 0.25) is 0 Å². The molecule has 1 heterocycles. The molecule has 0 bridgehead atoms. The Bertz CT molecular complexity index is 671. The number of rotatable bonds is 2. The Balaban J connectivity index is 2.71. The molecule has 1 aromatic heterocycles. The number of hydrogen-bond acceptors (Lipinski definition) is 5. The van der Waals surface area contributed by atoms with E-state index in [0.29, 0.717) is 11.3 Å². The summed E-state index contributed by atoms with van der Waals surface area (Å²) in [6, 6.07) is 9.55. The van der Waals surface area contributed by atoms with Crippen LogP contribution in [0.5, 0.6) is 0 Å². The van der Waals surface area contributed by atoms with E-state index in [0.717, 1.165) is 10.0 Å². The molecule has 18 heavy (non-hydrogen) atoms. The Hall–Kier alpha value is -1.75. The number of benzene rings is 1. The van der Waals surface area contributed by atoms with Gasteiger partial charge in [-0.3, -0.25) is 0 Å². The maximum atomic E-state index is 9.19. The summed E-state index contributed by atoms with van der Waals surface area (Å²) >= 11 is 8.36. The van der Waals surface area contributed by atoms with Crippen LogP contribution in [0.25, 0.3) is 11.3 Å². The highest BCUT2D eigenvalue weighted by Gasteiger charge is 2.11. The first-order valence-corrected chi connectivity index (χ1v) is 6.13. The number of hydrogen-bond donors (Lipinski definition) is 3. The summed E-state index contributed by atoms with van der Waals surface area (Å²) in [6.07, 6.45) is 0. The van der Waals surface area contributed by atoms with E-state index in [-0.39, 0.29) is 10.6 Å². The number of nitriles is 1. The summed E-state index contributed by atoms with van der Waals surface area (Å²) in [5.41, 5.74) is 4.13. The highest BCUT2D eigenvalue weighted by Crippen LogP contribution is 2.26. The van der Waals surface area contributed by atoms with Gasteiger partial charge < -0.3 is 10.4 Å². The average Bonchev–Trinajstić information content (AvgIpc) is 2.38. The zero-order valence-electron chi connectivity index (χ0n) is 9.07. The van der Waals surface area contributed by atoms with Gasteiger partial charge in [0.1, 0.15) is 11.6 Å². The van der Waals surface area contributed by atoms with E-state index in [1.54, 1.807) is 0 Å². The smallest absolute Gasteiger partial charge is 0.199 e. The second-order valence-electron chi connectivity index (χ2n) is 3.40. The van der Waals surface area contributed by atoms with Crippen molar-refractivity contribution in [1.82, 2.24) is 9.97 Å². The average molecular weight is 322 g/mol. The van der Waals surface area contributed by atoms with Gasteiger partial charge in [-0.1, -0.05) is 28.1 Å². The maximum absolute atomic E-state index is 9.19. The van der Waals surface area contributed by atoms with Crippen LogP contribution in [0.4, 0.5) is 5.82 Å². The fraction of sp³-hybridized carbons (Fsp3) is 0. The first kappa shape index (κ1) is 12.7. The molecule has 0 amide bonds. The highest BCUT2D eigenvalue weighted by molar-refractivity contribution is 9.10. The molecule has 0 unspecified atom stereocenters. The first-order valence-electron chi connectivity index (χ1n) is 4.92. The van der Waals surface area contributed by atoms with Crippen molar-refractivity contribution in [2.24, 2.45) is 5.84 Å². The fourth-order valence-electron chi connectivity index (χ4n) is 1.52. The van der Waals surface area contributed by atoms with Crippen molar-refractivity contribution in [3.63, 3.8) is 0 Å². The number of anilines is 1. The van der Waals surface area contributed by atoms with Gasteiger partial charge in [-0.05, 0) is 29.9 Å². The minimum Gasteiger partial charge on any atom is -0.329 e. The largest absolute Gasteiger partial charge is 0.329 e. The van der Waals surface area contributed by atoms with Gasteiger partial charge in [-0.25, -0.2) is 10.8 Å². The SMILES string of the molecule is N#Cc1c(NN)nc(=S)[nH]c1-c1ccc(Br)cc1. The molecule has 0 radical (unpaired) electrons. The van der Waals surface area contributed by atoms with E-state index < -0.39 is 0 Å². The predicted octanol–water partition coefficient (Wildman–Crippen LogP) is 2.73. The van der Waals surface area contributed by atoms with Crippen molar-refractivity contribution in [1.29, 1.82) is 5.26 Å². The Kier molecular flexibility index (Phi) is 3.72. The number of H-pyrrole nitrogens is 1. The fourth-order valence-corrected chi connectivity index (χ4v) is 1.98. The summed E-state index contributed by atoms with van der Waals surface area (Å²) < 4.78 is 1.22. The molecular weight excluding hydrogens is 314 g/mol. The van der Waals surface area contributed by atoms with Crippen LogP contribution < -0.4 is 11.3 Å². The predicted molar refractivity (Wildman–Crippen MR) is 75.1 cm³/mol. The molecule has 0 aliphatic rings. The van der Waals surface area contributed by atoms with E-state index in [1.165, 1.54) is 0 Å². The van der Waals surface area contributed by atoms with Crippen molar-refractivity contribution in [2.75, 3.05) is 5.43 Å². The van der Waals surface area contributed by atoms with E-state index >= 15 is 0 Å². The monoisotopic (exact) mass is 321 g/mol. The number of nitrogens with zero attached hydrogens (tertiary/aromatic N) is 2. The molecule has 0 atom stereocenters. The molecule has 0 saturated carbocycles. The molecule has 0 fully saturated rings. The van der Waals surface area contributed by atoms with Crippen LogP contribution in [0.1, 0.15) is 5.56 Å². The van der Waals surface area contributed by atoms with Crippen molar-refractivity contribution < 1.29 is 0 Å². The lowest BCUT2D eigenvalue weighted by Crippen LogP contribution is -2.12. The van der Waals surface area contributed by atoms with Crippen LogP contribution in [0, 0.1) is 16.1 Å². The lowest BCUT2D eigenvalue weighted by Gasteiger charge is -2.08. The lowest BCUT2D eigenvalue weighted by molar-refractivity contribution is 1.10. The lowest BCUT2D eigenvalue weighted by atomic mass is 10.1. The second kappa shape index (κ2) is 5.27. The number of aromatic amines is 1. The van der Waals surface area contributed by atoms with Crippen LogP contribution >= 0.6 is 28.1 Å². The molecule has 0 aliphatic heterocycles. The first-order chi connectivity index (χ1) is 8.65. The number of halogens is 1. The van der Waals surface area contributed by atoms with E-state index in [2.05, 4.69) is 37.4 Å². The van der Waals surface area contributed by atoms with E-state index in [4.69, 9.17) is 18.1 Å². The van der Waals surface area contributed by atoms with Crippen LogP contribution in [-0.4, -0.2) is 9.97 Å². The molecule has 2 rings (SSSR count). The Labute approximate surface area is 117 Å². The van der Waals surface area contributed by atoms with Gasteiger partial charge in [0.25, 0.3) is 0 Å². The number of hydrazine groups is 1. The third-order valence-corrected chi connectivity index (χ3v) is 3.04. The topological polar surface area (TPSA) is 90.5 Å². The molecule has 0 aliphatic carbocycles. The van der Waals surface area contributed by atoms with Gasteiger partial charge in [0.05, 0.1) is 5.69 Å². The molecular formula is C11H8BrN5S. The highest BCUT2D eigenvalue weighted by atomic mass is 79.9. The Morgan fingerprint density at radius 2 is 2.06 bits per heavy atom. The summed E-state index contributed by atoms with van der Waals surface area (Å²) in [7, 11) is 0. The molecule has 4 N–H and O–H groups in total. The van der Waals surface area contributed by atoms with Gasteiger partial charge in [0.15, 0.2) is 10.6 Å². The minimum atomic E-state index is 0.263. The van der Waals surface area contributed by atoms with E-state index in [1.807, 2.05) is 24.3 Å². The molecule has 7 heteroatoms. The molecule has 0 spiro atoms. The Morgan fingerprint density at radius 1 is 1.39 bits per heavy atom. The second-order valence-corrected chi connectivity index (χ2v) is 4.71. The van der Waals surface area contributed by atoms with Crippen molar-refractivity contribution >= 4 is 34.0 Å². The van der Waals surface area contributed by atoms with Crippen LogP contribution in [0.3, 0.4) is 0 Å². The summed E-state index contributed by atoms with van der Waals surface area (Å²) in [4.78, 5) is 6.87. The third-order valence-electron chi connectivity index (χ3n) is 2.31. The molecule has 2 aromatic rings. The van der Waals surface area contributed by atoms with Gasteiger partial charge >= 0.3 is 0 Å². The standard InChI is InChI=1S/C11H8BrN5S/c12-7-3-1-6(2-4-7)9-8(5-13)10(17-14)16-11(18)15-9/h1-4H,14H2,(H2,15,16,17,18). The van der Waals surface area contributed by atoms with Gasteiger partial charge in [-0.2, -0.15) is 5.26 Å². The van der Waals surface area contributed by atoms with Crippen LogP contribution in [0.2, 0.25) is 0 Å². The van der Waals surface area contributed by atoms with Crippen molar-refractivity contribution in [2.45, 2.75) is 0 Å². The maximum Gasteiger partial charge on any atom is 0.199 e. The summed E-state index contributed by atoms with van der Waals surface area (Å²) in [5, 5.41) is 9.19. The number of nitrogens with two attached hydrogens (primary N) is 1. The van der Waals surface area contributed by atoms with Crippen LogP contribution in [0.15, 0.2) is 28.7 Å². The summed E-state index contributed by atoms with van der Waals surface area (Å²) in [5.74, 6) is 5.60. The number of nitrogens with one attached hydrogen (secondary N) is 2. The minimum absolute atomic E-state index is 0.263. The third kappa shape index (κ3) is 2.41. The molecule has 90 valence electrons. The normalized spacial score (nSPS) is 9.83. The van der Waals surface area contributed by atoms with Gasteiger partial charge in [-0.15, -0.1) is 0 Å². The number of nitrogen functional groups attached to an aromatic ring is 1. The zero-order valence-corrected chi connectivity index (χ0v) is 11.5. The van der Waals surface area contributed by atoms with Crippen molar-refractivity contribution in [3.05, 3.63) is 39.1 Å². The summed E-state index contributed by atoms with van der Waals surface area (Å²) in [6.45, 7) is 0. The van der Waals surface area contributed by atoms with E-state index in [9.17, 15) is 5.26 Å². The quantitative estimate of drug-likeness (QED) is 0.449. The number of aromatic nitrogens is 2. The van der Waals surface area contributed by atoms with Gasteiger partial charge in [0, 0.05) is 4.47 Å². The Morgan fingerprint density at radius 3 is 2.61 bits per heavy atom. The molecule has 5 nitrogen and oxygen atoms in total.